The lowest BCUT2D eigenvalue weighted by molar-refractivity contribution is 0.407. The molecule has 0 heterocycles. The van der Waals surface area contributed by atoms with Crippen LogP contribution in [0.3, 0.4) is 0 Å². The summed E-state index contributed by atoms with van der Waals surface area (Å²) in [6.45, 7) is 5.86. The molecule has 3 nitrogen and oxygen atoms in total. The average molecular weight is 143 g/mol. The Balaban J connectivity index is 3.82. The van der Waals surface area contributed by atoms with Gasteiger partial charge in [0.15, 0.2) is 5.96 Å². The zero-order valence-electron chi connectivity index (χ0n) is 7.31. The Morgan fingerprint density at radius 3 is 1.60 bits per heavy atom. The molecule has 0 rings (SSSR count). The molecule has 0 aliphatic rings. The Morgan fingerprint density at radius 1 is 1.10 bits per heavy atom. The molecule has 0 aromatic heterocycles. The Labute approximate surface area is 63.1 Å². The van der Waals surface area contributed by atoms with Gasteiger partial charge in [-0.2, -0.15) is 0 Å². The summed E-state index contributed by atoms with van der Waals surface area (Å²) in [6.07, 6.45) is 0. The molecule has 0 atom stereocenters. The highest BCUT2D eigenvalue weighted by atomic mass is 15.3. The number of rotatable bonds is 2. The van der Waals surface area contributed by atoms with Crippen LogP contribution in [0.4, 0.5) is 0 Å². The summed E-state index contributed by atoms with van der Waals surface area (Å²) in [5.74, 6) is 0.588. The zero-order chi connectivity index (χ0) is 8.15. The maximum absolute atomic E-state index is 7.55. The summed E-state index contributed by atoms with van der Waals surface area (Å²) in [5.41, 5.74) is 0. The lowest BCUT2D eigenvalue weighted by Crippen LogP contribution is -2.38. The van der Waals surface area contributed by atoms with Crippen LogP contribution in [0.2, 0.25) is 0 Å². The predicted molar refractivity (Wildman–Crippen MR) is 44.3 cm³/mol. The van der Waals surface area contributed by atoms with Crippen LogP contribution in [-0.4, -0.2) is 42.9 Å². The second-order valence-corrected chi connectivity index (χ2v) is 2.35. The first-order valence-corrected chi connectivity index (χ1v) is 3.64. The van der Waals surface area contributed by atoms with E-state index in [0.29, 0.717) is 5.96 Å². The van der Waals surface area contributed by atoms with E-state index in [1.807, 2.05) is 37.7 Å². The topological polar surface area (TPSA) is 30.3 Å². The number of guanidine groups is 1. The second-order valence-electron chi connectivity index (χ2n) is 2.35. The maximum Gasteiger partial charge on any atom is 0.193 e. The molecule has 0 saturated carbocycles. The van der Waals surface area contributed by atoms with Crippen molar-refractivity contribution in [3.63, 3.8) is 0 Å². The molecule has 0 spiro atoms. The van der Waals surface area contributed by atoms with Crippen LogP contribution >= 0.6 is 0 Å². The minimum Gasteiger partial charge on any atom is -0.346 e. The lowest BCUT2D eigenvalue weighted by atomic mass is 10.5. The van der Waals surface area contributed by atoms with Gasteiger partial charge in [0.25, 0.3) is 0 Å². The molecule has 0 aliphatic heterocycles. The van der Waals surface area contributed by atoms with Crippen molar-refractivity contribution in [3.05, 3.63) is 0 Å². The molecule has 10 heavy (non-hydrogen) atoms. The van der Waals surface area contributed by atoms with Crippen molar-refractivity contribution >= 4 is 5.96 Å². The van der Waals surface area contributed by atoms with Gasteiger partial charge in [-0.25, -0.2) is 0 Å². The molecular weight excluding hydrogens is 126 g/mol. The van der Waals surface area contributed by atoms with E-state index >= 15 is 0 Å². The van der Waals surface area contributed by atoms with Crippen LogP contribution in [0.1, 0.15) is 13.8 Å². The van der Waals surface area contributed by atoms with Crippen molar-refractivity contribution in [3.8, 4) is 0 Å². The molecular formula is C7H17N3. The Kier molecular flexibility index (Phi) is 3.84. The van der Waals surface area contributed by atoms with Crippen molar-refractivity contribution in [2.24, 2.45) is 0 Å². The Hall–Kier alpha value is -0.730. The van der Waals surface area contributed by atoms with Gasteiger partial charge in [0, 0.05) is 27.2 Å². The summed E-state index contributed by atoms with van der Waals surface area (Å²) >= 11 is 0. The first-order chi connectivity index (χ1) is 4.63. The fraction of sp³-hybridized carbons (Fsp3) is 0.857. The minimum absolute atomic E-state index is 0.588. The molecule has 3 heteroatoms. The third-order valence-electron chi connectivity index (χ3n) is 1.67. The van der Waals surface area contributed by atoms with E-state index in [0.717, 1.165) is 13.1 Å². The lowest BCUT2D eigenvalue weighted by Gasteiger charge is -2.25. The van der Waals surface area contributed by atoms with Crippen LogP contribution in [-0.2, 0) is 0 Å². The van der Waals surface area contributed by atoms with Gasteiger partial charge < -0.3 is 9.80 Å². The van der Waals surface area contributed by atoms with E-state index in [9.17, 15) is 0 Å². The van der Waals surface area contributed by atoms with E-state index in [1.165, 1.54) is 0 Å². The van der Waals surface area contributed by atoms with Crippen molar-refractivity contribution < 1.29 is 0 Å². The van der Waals surface area contributed by atoms with Gasteiger partial charge in [0.1, 0.15) is 0 Å². The van der Waals surface area contributed by atoms with Gasteiger partial charge in [0.2, 0.25) is 0 Å². The van der Waals surface area contributed by atoms with E-state index in [1.54, 1.807) is 0 Å². The van der Waals surface area contributed by atoms with Crippen molar-refractivity contribution in [2.45, 2.75) is 13.8 Å². The summed E-state index contributed by atoms with van der Waals surface area (Å²) in [6, 6.07) is 0. The zero-order valence-corrected chi connectivity index (χ0v) is 7.31. The Bertz CT molecular complexity index is 99.4. The quantitative estimate of drug-likeness (QED) is 0.458. The van der Waals surface area contributed by atoms with Gasteiger partial charge in [-0.3, -0.25) is 5.41 Å². The van der Waals surface area contributed by atoms with E-state index < -0.39 is 0 Å². The number of hydrogen-bond donors (Lipinski definition) is 1. The fourth-order valence-electron chi connectivity index (χ4n) is 0.591. The third-order valence-corrected chi connectivity index (χ3v) is 1.67. The van der Waals surface area contributed by atoms with Gasteiger partial charge in [0.05, 0.1) is 0 Å². The predicted octanol–water partition coefficient (Wildman–Crippen LogP) is 0.825. The van der Waals surface area contributed by atoms with Crippen LogP contribution in [0.25, 0.3) is 0 Å². The summed E-state index contributed by atoms with van der Waals surface area (Å²) in [7, 11) is 3.85. The summed E-state index contributed by atoms with van der Waals surface area (Å²) < 4.78 is 0. The van der Waals surface area contributed by atoms with E-state index in [-0.39, 0.29) is 0 Å². The summed E-state index contributed by atoms with van der Waals surface area (Å²) in [5, 5.41) is 7.55. The van der Waals surface area contributed by atoms with Crippen molar-refractivity contribution in [1.82, 2.24) is 9.80 Å². The largest absolute Gasteiger partial charge is 0.346 e. The monoisotopic (exact) mass is 143 g/mol. The maximum atomic E-state index is 7.55. The smallest absolute Gasteiger partial charge is 0.193 e. The first-order valence-electron chi connectivity index (χ1n) is 3.64. The molecule has 60 valence electrons. The fourth-order valence-corrected chi connectivity index (χ4v) is 0.591. The van der Waals surface area contributed by atoms with Gasteiger partial charge in [-0.05, 0) is 13.8 Å². The third kappa shape index (κ3) is 2.25. The standard InChI is InChI=1S/C7H17N3/c1-5-9(3)7(8)10(4)6-2/h8H,5-6H2,1-4H3. The molecule has 0 aromatic carbocycles. The van der Waals surface area contributed by atoms with Crippen LogP contribution in [0.5, 0.6) is 0 Å². The molecule has 0 radical (unpaired) electrons. The molecule has 0 amide bonds. The minimum atomic E-state index is 0.588. The van der Waals surface area contributed by atoms with Crippen molar-refractivity contribution in [2.75, 3.05) is 27.2 Å². The molecule has 0 fully saturated rings. The van der Waals surface area contributed by atoms with Crippen molar-refractivity contribution in [1.29, 1.82) is 5.41 Å². The number of nitrogens with zero attached hydrogens (tertiary/aromatic N) is 2. The SMILES string of the molecule is CCN(C)C(=N)N(C)CC. The van der Waals surface area contributed by atoms with E-state index in [2.05, 4.69) is 0 Å². The van der Waals surface area contributed by atoms with Crippen LogP contribution in [0, 0.1) is 5.41 Å². The highest BCUT2D eigenvalue weighted by Gasteiger charge is 2.04. The normalized spacial score (nSPS) is 9.20. The molecule has 0 saturated heterocycles. The van der Waals surface area contributed by atoms with Crippen LogP contribution in [0.15, 0.2) is 0 Å². The first kappa shape index (κ1) is 9.27. The van der Waals surface area contributed by atoms with Gasteiger partial charge in [-0.15, -0.1) is 0 Å². The summed E-state index contributed by atoms with van der Waals surface area (Å²) in [4.78, 5) is 3.81. The van der Waals surface area contributed by atoms with Crippen LogP contribution < -0.4 is 0 Å². The second kappa shape index (κ2) is 4.14. The molecule has 0 bridgehead atoms. The molecule has 1 N–H and O–H groups in total. The highest BCUT2D eigenvalue weighted by molar-refractivity contribution is 5.76. The number of nitrogens with one attached hydrogen (secondary N) is 1. The molecule has 0 unspecified atom stereocenters. The van der Waals surface area contributed by atoms with E-state index in [4.69, 9.17) is 5.41 Å². The Morgan fingerprint density at radius 2 is 1.40 bits per heavy atom. The molecule has 0 aromatic rings. The average Bonchev–Trinajstić information content (AvgIpc) is 2.00. The molecule has 0 aliphatic carbocycles. The highest BCUT2D eigenvalue weighted by Crippen LogP contribution is 1.89. The number of hydrogen-bond acceptors (Lipinski definition) is 1. The van der Waals surface area contributed by atoms with Gasteiger partial charge >= 0.3 is 0 Å². The van der Waals surface area contributed by atoms with Gasteiger partial charge in [-0.1, -0.05) is 0 Å².